The Morgan fingerprint density at radius 3 is 2.46 bits per heavy atom. The van der Waals surface area contributed by atoms with E-state index in [1.165, 1.54) is 14.2 Å². The maximum absolute atomic E-state index is 15.2. The molecule has 0 aliphatic heterocycles. The van der Waals surface area contributed by atoms with Gasteiger partial charge in [0.1, 0.15) is 34.1 Å². The minimum absolute atomic E-state index is 0.00219. The number of methoxy groups -OCH3 is 2. The molecular formula is C22H24ClFN4O7S2. The van der Waals surface area contributed by atoms with Crippen LogP contribution in [-0.4, -0.2) is 48.9 Å². The standard InChI is InChI=1S/C22H24ClFN4O7S2/c1-22(2,3)35-21(29)28(30)17-10-16(24)19(9-15(17)23)37(31,32)27(20-25-12-26-36-20)11-13-6-7-14(33-4)8-18(13)34-5/h6-10,12,30H,11H2,1-5H3. The van der Waals surface area contributed by atoms with E-state index in [0.717, 1.165) is 28.2 Å². The van der Waals surface area contributed by atoms with Gasteiger partial charge in [-0.1, -0.05) is 11.6 Å². The first-order chi connectivity index (χ1) is 17.3. The van der Waals surface area contributed by atoms with Crippen LogP contribution in [0, 0.1) is 5.82 Å². The second kappa shape index (κ2) is 11.0. The fourth-order valence-corrected chi connectivity index (χ4v) is 5.58. The van der Waals surface area contributed by atoms with Crippen molar-refractivity contribution in [3.05, 3.63) is 53.1 Å². The van der Waals surface area contributed by atoms with E-state index in [4.69, 9.17) is 25.8 Å². The third-order valence-electron chi connectivity index (χ3n) is 4.74. The molecule has 0 saturated carbocycles. The number of amides is 1. The van der Waals surface area contributed by atoms with E-state index in [-0.39, 0.29) is 16.7 Å². The molecule has 0 atom stereocenters. The molecular weight excluding hydrogens is 551 g/mol. The Bertz CT molecular complexity index is 1380. The number of anilines is 2. The Morgan fingerprint density at radius 1 is 1.19 bits per heavy atom. The monoisotopic (exact) mass is 574 g/mol. The van der Waals surface area contributed by atoms with E-state index >= 15 is 4.39 Å². The molecule has 0 unspecified atom stereocenters. The van der Waals surface area contributed by atoms with Crippen LogP contribution in [0.25, 0.3) is 0 Å². The Hall–Kier alpha value is -3.20. The minimum atomic E-state index is -4.63. The number of sulfonamides is 1. The van der Waals surface area contributed by atoms with Gasteiger partial charge in [0, 0.05) is 29.2 Å². The molecule has 0 bridgehead atoms. The number of carbonyl (C=O) groups is 1. The van der Waals surface area contributed by atoms with Crippen molar-refractivity contribution in [2.75, 3.05) is 23.6 Å². The van der Waals surface area contributed by atoms with Gasteiger partial charge in [-0.2, -0.15) is 9.44 Å². The summed E-state index contributed by atoms with van der Waals surface area (Å²) in [7, 11) is -1.75. The van der Waals surface area contributed by atoms with Gasteiger partial charge in [-0.3, -0.25) is 5.21 Å². The molecule has 0 saturated heterocycles. The number of hydrogen-bond donors (Lipinski definition) is 1. The van der Waals surface area contributed by atoms with Crippen LogP contribution < -0.4 is 18.8 Å². The average Bonchev–Trinajstić information content (AvgIpc) is 3.36. The zero-order chi connectivity index (χ0) is 27.5. The predicted octanol–water partition coefficient (Wildman–Crippen LogP) is 4.87. The lowest BCUT2D eigenvalue weighted by Gasteiger charge is -2.25. The molecule has 200 valence electrons. The van der Waals surface area contributed by atoms with Crippen LogP contribution >= 0.6 is 23.1 Å². The topological polar surface area (TPSA) is 131 Å². The maximum atomic E-state index is 15.2. The molecule has 1 heterocycles. The van der Waals surface area contributed by atoms with Crippen LogP contribution in [0.5, 0.6) is 11.5 Å². The molecule has 37 heavy (non-hydrogen) atoms. The van der Waals surface area contributed by atoms with Crippen LogP contribution in [0.15, 0.2) is 41.6 Å². The molecule has 3 rings (SSSR count). The van der Waals surface area contributed by atoms with Crippen LogP contribution in [0.4, 0.5) is 20.0 Å². The van der Waals surface area contributed by atoms with Crippen LogP contribution in [0.3, 0.4) is 0 Å². The van der Waals surface area contributed by atoms with Crippen molar-refractivity contribution in [3.63, 3.8) is 0 Å². The Morgan fingerprint density at radius 2 is 1.89 bits per heavy atom. The van der Waals surface area contributed by atoms with E-state index in [1.807, 2.05) is 0 Å². The second-order valence-corrected chi connectivity index (χ2v) is 11.4. The van der Waals surface area contributed by atoms with E-state index < -0.39 is 43.1 Å². The van der Waals surface area contributed by atoms with Gasteiger partial charge in [0.2, 0.25) is 5.13 Å². The quantitative estimate of drug-likeness (QED) is 0.295. The lowest BCUT2D eigenvalue weighted by molar-refractivity contribution is 0.0406. The normalized spacial score (nSPS) is 11.7. The van der Waals surface area contributed by atoms with E-state index in [2.05, 4.69) is 9.36 Å². The molecule has 1 aromatic heterocycles. The lowest BCUT2D eigenvalue weighted by atomic mass is 10.2. The SMILES string of the molecule is COc1ccc(CN(c2ncns2)S(=O)(=O)c2cc(Cl)c(N(O)C(=O)OC(C)(C)C)cc2F)c(OC)c1. The molecule has 3 aromatic rings. The van der Waals surface area contributed by atoms with Gasteiger partial charge in [0.15, 0.2) is 0 Å². The number of aromatic nitrogens is 2. The summed E-state index contributed by atoms with van der Waals surface area (Å²) in [4.78, 5) is 15.3. The summed E-state index contributed by atoms with van der Waals surface area (Å²) < 4.78 is 62.8. The number of benzene rings is 2. The van der Waals surface area contributed by atoms with Crippen LogP contribution in [-0.2, 0) is 21.3 Å². The fourth-order valence-electron chi connectivity index (χ4n) is 3.07. The van der Waals surface area contributed by atoms with Gasteiger partial charge in [-0.25, -0.2) is 26.9 Å². The molecule has 1 N–H and O–H groups in total. The highest BCUT2D eigenvalue weighted by atomic mass is 35.5. The summed E-state index contributed by atoms with van der Waals surface area (Å²) in [5, 5.41) is 9.74. The zero-order valence-electron chi connectivity index (χ0n) is 20.4. The molecule has 0 fully saturated rings. The highest BCUT2D eigenvalue weighted by Gasteiger charge is 2.33. The van der Waals surface area contributed by atoms with Crippen molar-refractivity contribution in [1.29, 1.82) is 0 Å². The van der Waals surface area contributed by atoms with Gasteiger partial charge in [0.25, 0.3) is 10.0 Å². The summed E-state index contributed by atoms with van der Waals surface area (Å²) in [6.45, 7) is 4.40. The Kier molecular flexibility index (Phi) is 8.47. The Balaban J connectivity index is 2.05. The number of hydroxylamine groups is 1. The summed E-state index contributed by atoms with van der Waals surface area (Å²) in [5.41, 5.74) is -1.04. The minimum Gasteiger partial charge on any atom is -0.497 e. The van der Waals surface area contributed by atoms with E-state index in [0.29, 0.717) is 23.1 Å². The lowest BCUT2D eigenvalue weighted by Crippen LogP contribution is -2.35. The second-order valence-electron chi connectivity index (χ2n) is 8.44. The molecule has 15 heteroatoms. The highest BCUT2D eigenvalue weighted by Crippen LogP contribution is 2.36. The molecule has 0 spiro atoms. The molecule has 0 radical (unpaired) electrons. The maximum Gasteiger partial charge on any atom is 0.439 e. The number of carbonyl (C=O) groups excluding carboxylic acids is 1. The van der Waals surface area contributed by atoms with Crippen molar-refractivity contribution < 1.29 is 37.0 Å². The third-order valence-corrected chi connectivity index (χ3v) is 7.59. The third kappa shape index (κ3) is 6.39. The van der Waals surface area contributed by atoms with Gasteiger partial charge in [0.05, 0.1) is 31.5 Å². The predicted molar refractivity (Wildman–Crippen MR) is 135 cm³/mol. The molecule has 11 nitrogen and oxygen atoms in total. The zero-order valence-corrected chi connectivity index (χ0v) is 22.8. The number of rotatable bonds is 8. The molecule has 2 aromatic carbocycles. The van der Waals surface area contributed by atoms with Crippen molar-refractivity contribution in [1.82, 2.24) is 9.36 Å². The molecule has 0 aliphatic rings. The van der Waals surface area contributed by atoms with Gasteiger partial charge in [-0.05, 0) is 39.0 Å². The summed E-state index contributed by atoms with van der Waals surface area (Å²) in [6, 6.07) is 6.18. The van der Waals surface area contributed by atoms with Crippen LogP contribution in [0.1, 0.15) is 26.3 Å². The van der Waals surface area contributed by atoms with Crippen molar-refractivity contribution in [2.24, 2.45) is 0 Å². The van der Waals surface area contributed by atoms with Crippen LogP contribution in [0.2, 0.25) is 5.02 Å². The van der Waals surface area contributed by atoms with Crippen molar-refractivity contribution in [2.45, 2.75) is 37.8 Å². The smallest absolute Gasteiger partial charge is 0.439 e. The fraction of sp³-hybridized carbons (Fsp3) is 0.318. The number of ether oxygens (including phenoxy) is 3. The first-order valence-electron chi connectivity index (χ1n) is 10.5. The summed E-state index contributed by atoms with van der Waals surface area (Å²) >= 11 is 6.95. The highest BCUT2D eigenvalue weighted by molar-refractivity contribution is 7.93. The van der Waals surface area contributed by atoms with Crippen molar-refractivity contribution in [3.8, 4) is 11.5 Å². The van der Waals surface area contributed by atoms with Gasteiger partial charge >= 0.3 is 6.09 Å². The summed E-state index contributed by atoms with van der Waals surface area (Å²) in [5.74, 6) is -0.470. The molecule has 1 amide bonds. The van der Waals surface area contributed by atoms with Gasteiger partial charge in [-0.15, -0.1) is 0 Å². The number of hydrogen-bond acceptors (Lipinski definition) is 10. The Labute approximate surface area is 222 Å². The number of halogens is 2. The van der Waals surface area contributed by atoms with Gasteiger partial charge < -0.3 is 14.2 Å². The average molecular weight is 575 g/mol. The van der Waals surface area contributed by atoms with E-state index in [9.17, 15) is 18.4 Å². The molecule has 0 aliphatic carbocycles. The van der Waals surface area contributed by atoms with E-state index in [1.54, 1.807) is 39.0 Å². The first kappa shape index (κ1) is 28.4. The first-order valence-corrected chi connectivity index (χ1v) is 13.1. The number of nitrogens with zero attached hydrogens (tertiary/aromatic N) is 4. The summed E-state index contributed by atoms with van der Waals surface area (Å²) in [6.07, 6.45) is -0.0727. The largest absolute Gasteiger partial charge is 0.497 e. The van der Waals surface area contributed by atoms with Crippen molar-refractivity contribution >= 4 is 50.1 Å².